The molecule has 0 heterocycles. The minimum absolute atomic E-state index is 0.120. The first-order chi connectivity index (χ1) is 7.54. The van der Waals surface area contributed by atoms with Gasteiger partial charge in [0.2, 0.25) is 5.91 Å². The predicted octanol–water partition coefficient (Wildman–Crippen LogP) is 1.69. The molecule has 0 aliphatic carbocycles. The minimum atomic E-state index is -0.551. The van der Waals surface area contributed by atoms with Gasteiger partial charge in [-0.1, -0.05) is 6.08 Å². The molecule has 0 spiro atoms. The van der Waals surface area contributed by atoms with Crippen molar-refractivity contribution >= 4 is 23.0 Å². The van der Waals surface area contributed by atoms with Gasteiger partial charge in [-0.25, -0.2) is 0 Å². The highest BCUT2D eigenvalue weighted by atomic mass is 16.6. The van der Waals surface area contributed by atoms with E-state index >= 15 is 0 Å². The number of nitrogens with zero attached hydrogens (tertiary/aromatic N) is 1. The molecule has 6 nitrogen and oxygen atoms in total. The van der Waals surface area contributed by atoms with Crippen LogP contribution >= 0.6 is 0 Å². The molecule has 0 saturated carbocycles. The SMILES string of the molecule is C/C=C/C(=O)Nc1cc([N+](=O)[O-])ccc1N. The van der Waals surface area contributed by atoms with Crippen LogP contribution in [-0.2, 0) is 4.79 Å². The maximum atomic E-state index is 11.2. The maximum absolute atomic E-state index is 11.2. The average Bonchev–Trinajstić information content (AvgIpc) is 2.21. The lowest BCUT2D eigenvalue weighted by atomic mass is 10.2. The van der Waals surface area contributed by atoms with Gasteiger partial charge in [-0.3, -0.25) is 14.9 Å². The van der Waals surface area contributed by atoms with Crippen LogP contribution in [0, 0.1) is 10.1 Å². The van der Waals surface area contributed by atoms with Crippen LogP contribution in [0.3, 0.4) is 0 Å². The van der Waals surface area contributed by atoms with Crippen LogP contribution in [-0.4, -0.2) is 10.8 Å². The summed E-state index contributed by atoms with van der Waals surface area (Å²) in [6, 6.07) is 3.88. The second-order valence-electron chi connectivity index (χ2n) is 3.02. The third-order valence-electron chi connectivity index (χ3n) is 1.82. The predicted molar refractivity (Wildman–Crippen MR) is 61.0 cm³/mol. The number of non-ortho nitro benzene ring substituents is 1. The molecular formula is C10H11N3O3. The van der Waals surface area contributed by atoms with E-state index in [-0.39, 0.29) is 23.0 Å². The molecule has 6 heteroatoms. The van der Waals surface area contributed by atoms with Crippen LogP contribution in [0.2, 0.25) is 0 Å². The van der Waals surface area contributed by atoms with Crippen molar-refractivity contribution in [1.29, 1.82) is 0 Å². The number of amides is 1. The van der Waals surface area contributed by atoms with Crippen molar-refractivity contribution in [2.24, 2.45) is 0 Å². The lowest BCUT2D eigenvalue weighted by Crippen LogP contribution is -2.09. The van der Waals surface area contributed by atoms with E-state index in [1.54, 1.807) is 13.0 Å². The standard InChI is InChI=1S/C10H11N3O3/c1-2-3-10(14)12-9-6-7(13(15)16)4-5-8(9)11/h2-6H,11H2,1H3,(H,12,14)/b3-2+. The van der Waals surface area contributed by atoms with Gasteiger partial charge in [0.05, 0.1) is 16.3 Å². The fourth-order valence-electron chi connectivity index (χ4n) is 1.09. The molecule has 16 heavy (non-hydrogen) atoms. The Morgan fingerprint density at radius 2 is 2.25 bits per heavy atom. The topological polar surface area (TPSA) is 98.3 Å². The minimum Gasteiger partial charge on any atom is -0.397 e. The number of allylic oxidation sites excluding steroid dienone is 1. The van der Waals surface area contributed by atoms with Crippen molar-refractivity contribution < 1.29 is 9.72 Å². The lowest BCUT2D eigenvalue weighted by Gasteiger charge is -2.05. The highest BCUT2D eigenvalue weighted by Gasteiger charge is 2.10. The summed E-state index contributed by atoms with van der Waals surface area (Å²) in [7, 11) is 0. The van der Waals surface area contributed by atoms with E-state index in [0.717, 1.165) is 0 Å². The number of anilines is 2. The summed E-state index contributed by atoms with van der Waals surface area (Å²) in [6.45, 7) is 1.69. The summed E-state index contributed by atoms with van der Waals surface area (Å²) >= 11 is 0. The van der Waals surface area contributed by atoms with Crippen molar-refractivity contribution in [3.05, 3.63) is 40.5 Å². The van der Waals surface area contributed by atoms with Gasteiger partial charge in [0.1, 0.15) is 0 Å². The Bertz CT molecular complexity index is 455. The lowest BCUT2D eigenvalue weighted by molar-refractivity contribution is -0.384. The van der Waals surface area contributed by atoms with E-state index in [2.05, 4.69) is 5.32 Å². The van der Waals surface area contributed by atoms with Crippen LogP contribution in [0.5, 0.6) is 0 Å². The number of nitrogens with one attached hydrogen (secondary N) is 1. The zero-order chi connectivity index (χ0) is 12.1. The number of carbonyl (C=O) groups is 1. The average molecular weight is 221 g/mol. The van der Waals surface area contributed by atoms with Crippen molar-refractivity contribution in [3.63, 3.8) is 0 Å². The molecule has 1 aromatic carbocycles. The molecule has 1 amide bonds. The molecule has 0 unspecified atom stereocenters. The molecule has 84 valence electrons. The van der Waals surface area contributed by atoms with Crippen LogP contribution < -0.4 is 11.1 Å². The largest absolute Gasteiger partial charge is 0.397 e. The van der Waals surface area contributed by atoms with Crippen molar-refractivity contribution in [1.82, 2.24) is 0 Å². The molecule has 0 aliphatic heterocycles. The van der Waals surface area contributed by atoms with Crippen LogP contribution in [0.1, 0.15) is 6.92 Å². The number of rotatable bonds is 3. The summed E-state index contributed by atoms with van der Waals surface area (Å²) in [5.41, 5.74) is 5.97. The highest BCUT2D eigenvalue weighted by Crippen LogP contribution is 2.24. The summed E-state index contributed by atoms with van der Waals surface area (Å²) in [4.78, 5) is 21.2. The van der Waals surface area contributed by atoms with Gasteiger partial charge in [0, 0.05) is 12.1 Å². The Kier molecular flexibility index (Phi) is 3.60. The summed E-state index contributed by atoms with van der Waals surface area (Å²) in [6.07, 6.45) is 2.86. The van der Waals surface area contributed by atoms with Crippen molar-refractivity contribution in [2.45, 2.75) is 6.92 Å². The number of carbonyl (C=O) groups excluding carboxylic acids is 1. The molecule has 0 radical (unpaired) electrons. The summed E-state index contributed by atoms with van der Waals surface area (Å²) in [5, 5.41) is 13.0. The van der Waals surface area contributed by atoms with Gasteiger partial charge in [0.25, 0.3) is 5.69 Å². The van der Waals surface area contributed by atoms with Gasteiger partial charge in [0.15, 0.2) is 0 Å². The van der Waals surface area contributed by atoms with E-state index in [4.69, 9.17) is 5.73 Å². The van der Waals surface area contributed by atoms with Gasteiger partial charge < -0.3 is 11.1 Å². The number of hydrogen-bond acceptors (Lipinski definition) is 4. The fraction of sp³-hybridized carbons (Fsp3) is 0.100. The third kappa shape index (κ3) is 2.81. The van der Waals surface area contributed by atoms with Crippen LogP contribution in [0.4, 0.5) is 17.1 Å². The Morgan fingerprint density at radius 3 is 2.81 bits per heavy atom. The quantitative estimate of drug-likeness (QED) is 0.351. The third-order valence-corrected chi connectivity index (χ3v) is 1.82. The van der Waals surface area contributed by atoms with E-state index in [1.807, 2.05) is 0 Å². The monoisotopic (exact) mass is 221 g/mol. The second-order valence-corrected chi connectivity index (χ2v) is 3.02. The zero-order valence-electron chi connectivity index (χ0n) is 8.64. The molecule has 0 aromatic heterocycles. The summed E-state index contributed by atoms with van der Waals surface area (Å²) < 4.78 is 0. The summed E-state index contributed by atoms with van der Waals surface area (Å²) in [5.74, 6) is -0.380. The molecule has 1 aromatic rings. The van der Waals surface area contributed by atoms with Crippen molar-refractivity contribution in [3.8, 4) is 0 Å². The second kappa shape index (κ2) is 4.92. The molecule has 0 atom stereocenters. The number of nitro benzene ring substituents is 1. The number of benzene rings is 1. The van der Waals surface area contributed by atoms with E-state index < -0.39 is 4.92 Å². The number of nitrogens with two attached hydrogens (primary N) is 1. The Hall–Kier alpha value is -2.37. The molecule has 3 N–H and O–H groups in total. The Morgan fingerprint density at radius 1 is 1.56 bits per heavy atom. The fourth-order valence-corrected chi connectivity index (χ4v) is 1.09. The maximum Gasteiger partial charge on any atom is 0.271 e. The molecule has 0 fully saturated rings. The van der Waals surface area contributed by atoms with Crippen LogP contribution in [0.15, 0.2) is 30.4 Å². The number of nitrogen functional groups attached to an aromatic ring is 1. The Balaban J connectivity index is 2.98. The first-order valence-electron chi connectivity index (χ1n) is 4.52. The van der Waals surface area contributed by atoms with Crippen molar-refractivity contribution in [2.75, 3.05) is 11.1 Å². The number of hydrogen-bond donors (Lipinski definition) is 2. The normalized spacial score (nSPS) is 10.3. The van der Waals surface area contributed by atoms with E-state index in [1.165, 1.54) is 24.3 Å². The van der Waals surface area contributed by atoms with Gasteiger partial charge in [-0.15, -0.1) is 0 Å². The van der Waals surface area contributed by atoms with E-state index in [0.29, 0.717) is 0 Å². The first kappa shape index (κ1) is 11.7. The zero-order valence-corrected chi connectivity index (χ0v) is 8.64. The highest BCUT2D eigenvalue weighted by molar-refractivity contribution is 6.01. The molecule has 0 bridgehead atoms. The van der Waals surface area contributed by atoms with Gasteiger partial charge in [-0.2, -0.15) is 0 Å². The molecule has 0 aliphatic rings. The first-order valence-corrected chi connectivity index (χ1v) is 4.52. The molecular weight excluding hydrogens is 210 g/mol. The smallest absolute Gasteiger partial charge is 0.271 e. The van der Waals surface area contributed by atoms with Crippen LogP contribution in [0.25, 0.3) is 0 Å². The van der Waals surface area contributed by atoms with Gasteiger partial charge in [-0.05, 0) is 19.1 Å². The molecule has 1 rings (SSSR count). The van der Waals surface area contributed by atoms with Gasteiger partial charge >= 0.3 is 0 Å². The number of nitro groups is 1. The van der Waals surface area contributed by atoms with E-state index in [9.17, 15) is 14.9 Å². The Labute approximate surface area is 91.9 Å². The molecule has 0 saturated heterocycles.